The van der Waals surface area contributed by atoms with Gasteiger partial charge in [-0.05, 0) is 17.7 Å². The maximum Gasteiger partial charge on any atom is 0.224 e. The number of nitrogens with one attached hydrogen (secondary N) is 1. The van der Waals surface area contributed by atoms with Crippen LogP contribution in [0.25, 0.3) is 0 Å². The van der Waals surface area contributed by atoms with Crippen molar-refractivity contribution in [3.63, 3.8) is 0 Å². The first-order chi connectivity index (χ1) is 5.72. The van der Waals surface area contributed by atoms with Crippen molar-refractivity contribution in [2.45, 2.75) is 6.42 Å². The summed E-state index contributed by atoms with van der Waals surface area (Å²) in [5.41, 5.74) is 0.840. The molecule has 0 spiro atoms. The highest BCUT2D eigenvalue weighted by molar-refractivity contribution is 5.78. The van der Waals surface area contributed by atoms with Crippen LogP contribution in [0.5, 0.6) is 5.75 Å². The number of phenolic OH excluding ortho intramolecular Hbond substituents is 1. The molecular weight excluding hydrogens is 154 g/mol. The fraction of sp³-hybridized carbons (Fsp3) is 0.222. The molecule has 0 aliphatic carbocycles. The van der Waals surface area contributed by atoms with Gasteiger partial charge in [0.15, 0.2) is 0 Å². The van der Waals surface area contributed by atoms with Crippen LogP contribution in [-0.4, -0.2) is 18.1 Å². The molecule has 1 radical (unpaired) electrons. The van der Waals surface area contributed by atoms with Gasteiger partial charge < -0.3 is 10.4 Å². The minimum absolute atomic E-state index is 0.0471. The monoisotopic (exact) mass is 164 g/mol. The van der Waals surface area contributed by atoms with Crippen LogP contribution in [0.15, 0.2) is 18.2 Å². The number of benzene rings is 1. The van der Waals surface area contributed by atoms with Crippen molar-refractivity contribution in [3.8, 4) is 5.75 Å². The van der Waals surface area contributed by atoms with Gasteiger partial charge in [-0.3, -0.25) is 4.79 Å². The number of carbonyl (C=O) groups is 1. The van der Waals surface area contributed by atoms with E-state index in [-0.39, 0.29) is 11.7 Å². The van der Waals surface area contributed by atoms with Gasteiger partial charge in [-0.2, -0.15) is 0 Å². The third kappa shape index (κ3) is 2.27. The van der Waals surface area contributed by atoms with Crippen LogP contribution < -0.4 is 5.32 Å². The quantitative estimate of drug-likeness (QED) is 0.668. The van der Waals surface area contributed by atoms with Gasteiger partial charge in [-0.1, -0.05) is 6.07 Å². The van der Waals surface area contributed by atoms with E-state index < -0.39 is 0 Å². The van der Waals surface area contributed by atoms with E-state index >= 15 is 0 Å². The molecule has 63 valence electrons. The Balaban J connectivity index is 2.64. The molecule has 3 heteroatoms. The van der Waals surface area contributed by atoms with E-state index in [0.29, 0.717) is 6.42 Å². The van der Waals surface area contributed by atoms with Crippen LogP contribution in [-0.2, 0) is 11.2 Å². The zero-order valence-corrected chi connectivity index (χ0v) is 6.79. The number of hydrogen-bond acceptors (Lipinski definition) is 2. The summed E-state index contributed by atoms with van der Waals surface area (Å²) >= 11 is 0. The second-order valence-electron chi connectivity index (χ2n) is 2.43. The molecule has 0 heterocycles. The average molecular weight is 164 g/mol. The molecule has 12 heavy (non-hydrogen) atoms. The smallest absolute Gasteiger partial charge is 0.224 e. The third-order valence-corrected chi connectivity index (χ3v) is 1.50. The van der Waals surface area contributed by atoms with Crippen molar-refractivity contribution in [1.29, 1.82) is 0 Å². The third-order valence-electron chi connectivity index (χ3n) is 1.50. The number of phenols is 1. The largest absolute Gasteiger partial charge is 0.507 e. The molecule has 0 saturated heterocycles. The van der Waals surface area contributed by atoms with Crippen LogP contribution in [0.1, 0.15) is 5.56 Å². The van der Waals surface area contributed by atoms with Gasteiger partial charge >= 0.3 is 0 Å². The van der Waals surface area contributed by atoms with E-state index in [4.69, 9.17) is 5.11 Å². The Morgan fingerprint density at radius 3 is 2.92 bits per heavy atom. The first-order valence-electron chi connectivity index (χ1n) is 3.62. The van der Waals surface area contributed by atoms with Crippen molar-refractivity contribution >= 4 is 5.91 Å². The van der Waals surface area contributed by atoms with Crippen molar-refractivity contribution in [2.75, 3.05) is 7.05 Å². The van der Waals surface area contributed by atoms with E-state index in [1.165, 1.54) is 6.07 Å². The molecule has 1 amide bonds. The first kappa shape index (κ1) is 8.59. The van der Waals surface area contributed by atoms with Gasteiger partial charge in [0, 0.05) is 13.1 Å². The molecule has 0 saturated carbocycles. The molecule has 0 bridgehead atoms. The van der Waals surface area contributed by atoms with Gasteiger partial charge in [-0.25, -0.2) is 0 Å². The second-order valence-corrected chi connectivity index (χ2v) is 2.43. The van der Waals surface area contributed by atoms with Gasteiger partial charge in [0.05, 0.1) is 6.42 Å². The molecule has 0 unspecified atom stereocenters. The fourth-order valence-corrected chi connectivity index (χ4v) is 0.833. The van der Waals surface area contributed by atoms with Crippen molar-refractivity contribution in [3.05, 3.63) is 29.8 Å². The summed E-state index contributed by atoms with van der Waals surface area (Å²) in [6.45, 7) is 0. The Hall–Kier alpha value is -1.51. The number of likely N-dealkylation sites (N-methyl/N-ethyl adjacent to an activating group) is 1. The van der Waals surface area contributed by atoms with Crippen LogP contribution in [0.3, 0.4) is 0 Å². The molecule has 0 aliphatic rings. The summed E-state index contributed by atoms with van der Waals surface area (Å²) < 4.78 is 0. The maximum absolute atomic E-state index is 10.9. The van der Waals surface area contributed by atoms with Crippen LogP contribution in [0.2, 0.25) is 0 Å². The number of carbonyl (C=O) groups excluding carboxylic acids is 1. The topological polar surface area (TPSA) is 49.3 Å². The standard InChI is InChI=1S/C9H10NO2/c1-10-9(12)6-7-2-4-8(11)5-3-7/h2-4,11H,6H2,1H3,(H,10,12). The van der Waals surface area contributed by atoms with E-state index in [0.717, 1.165) is 5.56 Å². The molecule has 1 aromatic carbocycles. The molecule has 3 nitrogen and oxygen atoms in total. The van der Waals surface area contributed by atoms with Crippen LogP contribution >= 0.6 is 0 Å². The summed E-state index contributed by atoms with van der Waals surface area (Å²) in [4.78, 5) is 10.9. The van der Waals surface area contributed by atoms with Crippen LogP contribution in [0, 0.1) is 6.07 Å². The lowest BCUT2D eigenvalue weighted by Gasteiger charge is -1.99. The van der Waals surface area contributed by atoms with Crippen molar-refractivity contribution < 1.29 is 9.90 Å². The second kappa shape index (κ2) is 3.76. The van der Waals surface area contributed by atoms with Crippen molar-refractivity contribution in [1.82, 2.24) is 5.32 Å². The number of hydrogen-bond donors (Lipinski definition) is 2. The highest BCUT2D eigenvalue weighted by Crippen LogP contribution is 2.08. The number of aromatic hydroxyl groups is 1. The summed E-state index contributed by atoms with van der Waals surface area (Å²) in [7, 11) is 1.59. The Labute approximate surface area is 71.0 Å². The zero-order chi connectivity index (χ0) is 8.97. The van der Waals surface area contributed by atoms with Gasteiger partial charge in [0.25, 0.3) is 0 Å². The SMILES string of the molecule is CNC(=O)Cc1c[c]c(O)cc1. The molecule has 0 aliphatic heterocycles. The zero-order valence-electron chi connectivity index (χ0n) is 6.79. The number of amides is 1. The summed E-state index contributed by atoms with van der Waals surface area (Å²) in [6, 6.07) is 7.41. The maximum atomic E-state index is 10.9. The van der Waals surface area contributed by atoms with E-state index in [9.17, 15) is 4.79 Å². The Kier molecular flexibility index (Phi) is 2.69. The molecule has 0 atom stereocenters. The fourth-order valence-electron chi connectivity index (χ4n) is 0.833. The lowest BCUT2D eigenvalue weighted by Crippen LogP contribution is -2.19. The molecule has 2 N–H and O–H groups in total. The molecular formula is C9H10NO2. The average Bonchev–Trinajstić information content (AvgIpc) is 2.09. The summed E-state index contributed by atoms with van der Waals surface area (Å²) in [6.07, 6.45) is 0.327. The number of rotatable bonds is 2. The molecule has 0 aromatic heterocycles. The summed E-state index contributed by atoms with van der Waals surface area (Å²) in [5.74, 6) is 0.0461. The Morgan fingerprint density at radius 2 is 2.42 bits per heavy atom. The predicted molar refractivity (Wildman–Crippen MR) is 44.7 cm³/mol. The van der Waals surface area contributed by atoms with E-state index in [1.807, 2.05) is 0 Å². The Bertz CT molecular complexity index is 266. The predicted octanol–water partition coefficient (Wildman–Crippen LogP) is 0.481. The van der Waals surface area contributed by atoms with Gasteiger partial charge in [0.1, 0.15) is 5.75 Å². The minimum Gasteiger partial charge on any atom is -0.507 e. The highest BCUT2D eigenvalue weighted by Gasteiger charge is 1.99. The minimum atomic E-state index is -0.0471. The first-order valence-corrected chi connectivity index (χ1v) is 3.62. The highest BCUT2D eigenvalue weighted by atomic mass is 16.3. The lowest BCUT2D eigenvalue weighted by atomic mass is 10.1. The molecule has 0 fully saturated rings. The summed E-state index contributed by atoms with van der Waals surface area (Å²) in [5, 5.41) is 11.4. The normalized spacial score (nSPS) is 9.42. The van der Waals surface area contributed by atoms with Gasteiger partial charge in [-0.15, -0.1) is 0 Å². The lowest BCUT2D eigenvalue weighted by molar-refractivity contribution is -0.119. The molecule has 1 aromatic rings. The van der Waals surface area contributed by atoms with E-state index in [2.05, 4.69) is 11.4 Å². The van der Waals surface area contributed by atoms with Crippen molar-refractivity contribution in [2.24, 2.45) is 0 Å². The van der Waals surface area contributed by atoms with Crippen LogP contribution in [0.4, 0.5) is 0 Å². The Morgan fingerprint density at radius 1 is 1.67 bits per heavy atom. The van der Waals surface area contributed by atoms with E-state index in [1.54, 1.807) is 19.2 Å². The molecule has 1 rings (SSSR count). The van der Waals surface area contributed by atoms with Gasteiger partial charge in [0.2, 0.25) is 5.91 Å².